The lowest BCUT2D eigenvalue weighted by Crippen LogP contribution is -2.33. The van der Waals surface area contributed by atoms with Crippen molar-refractivity contribution in [2.24, 2.45) is 0 Å². The maximum atomic E-state index is 11.8. The molecule has 19 heavy (non-hydrogen) atoms. The van der Waals surface area contributed by atoms with Gasteiger partial charge in [-0.15, -0.1) is 0 Å². The third kappa shape index (κ3) is 3.38. The summed E-state index contributed by atoms with van der Waals surface area (Å²) in [5.41, 5.74) is -0.0469. The number of carbonyl (C=O) groups is 2. The van der Waals surface area contributed by atoms with Crippen molar-refractivity contribution < 1.29 is 19.4 Å². The molecule has 0 aliphatic heterocycles. The van der Waals surface area contributed by atoms with Gasteiger partial charge in [0.15, 0.2) is 6.61 Å². The maximum Gasteiger partial charge on any atom is 0.339 e. The molecule has 0 heterocycles. The van der Waals surface area contributed by atoms with Crippen LogP contribution in [0, 0.1) is 0 Å². The number of carboxylic acids is 1. The van der Waals surface area contributed by atoms with E-state index in [0.717, 1.165) is 12.8 Å². The molecule has 5 nitrogen and oxygen atoms in total. The highest BCUT2D eigenvalue weighted by molar-refractivity contribution is 6.31. The van der Waals surface area contributed by atoms with E-state index in [0.29, 0.717) is 11.1 Å². The second kappa shape index (κ2) is 5.48. The fourth-order valence-corrected chi connectivity index (χ4v) is 1.87. The van der Waals surface area contributed by atoms with Crippen LogP contribution in [0.2, 0.25) is 5.02 Å². The SMILES string of the molecule is CN(C(=O)COc1ccc(Cl)cc1C(=O)O)C1CC1. The van der Waals surface area contributed by atoms with E-state index in [1.807, 2.05) is 0 Å². The van der Waals surface area contributed by atoms with E-state index in [4.69, 9.17) is 21.4 Å². The molecule has 102 valence electrons. The van der Waals surface area contributed by atoms with Crippen LogP contribution in [0.4, 0.5) is 0 Å². The number of hydrogen-bond donors (Lipinski definition) is 1. The van der Waals surface area contributed by atoms with Crippen LogP contribution in [-0.4, -0.2) is 41.6 Å². The van der Waals surface area contributed by atoms with E-state index in [1.165, 1.54) is 18.2 Å². The molecule has 1 saturated carbocycles. The summed E-state index contributed by atoms with van der Waals surface area (Å²) >= 11 is 5.73. The zero-order valence-electron chi connectivity index (χ0n) is 10.4. The standard InChI is InChI=1S/C13H14ClNO4/c1-15(9-3-4-9)12(16)7-19-11-5-2-8(14)6-10(11)13(17)18/h2,5-6,9H,3-4,7H2,1H3,(H,17,18). The summed E-state index contributed by atoms with van der Waals surface area (Å²) in [4.78, 5) is 24.4. The number of aromatic carboxylic acids is 1. The molecule has 1 aliphatic carbocycles. The topological polar surface area (TPSA) is 66.8 Å². The van der Waals surface area contributed by atoms with Crippen LogP contribution in [-0.2, 0) is 4.79 Å². The molecule has 2 rings (SSSR count). The van der Waals surface area contributed by atoms with Crippen molar-refractivity contribution >= 4 is 23.5 Å². The summed E-state index contributed by atoms with van der Waals surface area (Å²) in [6.45, 7) is -0.172. The third-order valence-corrected chi connectivity index (χ3v) is 3.25. The second-order valence-electron chi connectivity index (χ2n) is 4.47. The van der Waals surface area contributed by atoms with Gasteiger partial charge in [0.2, 0.25) is 0 Å². The van der Waals surface area contributed by atoms with Crippen molar-refractivity contribution in [2.75, 3.05) is 13.7 Å². The lowest BCUT2D eigenvalue weighted by Gasteiger charge is -2.17. The predicted molar refractivity (Wildman–Crippen MR) is 69.7 cm³/mol. The summed E-state index contributed by atoms with van der Waals surface area (Å²) in [6.07, 6.45) is 2.03. The first kappa shape index (κ1) is 13.7. The Bertz CT molecular complexity index is 513. The molecular weight excluding hydrogens is 270 g/mol. The van der Waals surface area contributed by atoms with Crippen LogP contribution in [0.5, 0.6) is 5.75 Å². The highest BCUT2D eigenvalue weighted by Crippen LogP contribution is 2.26. The number of rotatable bonds is 5. The van der Waals surface area contributed by atoms with Gasteiger partial charge >= 0.3 is 5.97 Å². The summed E-state index contributed by atoms with van der Waals surface area (Å²) in [5, 5.41) is 9.34. The molecule has 0 unspecified atom stereocenters. The average Bonchev–Trinajstić information content (AvgIpc) is 3.20. The molecule has 0 saturated heterocycles. The average molecular weight is 284 g/mol. The molecule has 0 atom stereocenters. The molecule has 1 aromatic rings. The summed E-state index contributed by atoms with van der Waals surface area (Å²) in [6, 6.07) is 4.59. The Balaban J connectivity index is 2.02. The second-order valence-corrected chi connectivity index (χ2v) is 4.91. The highest BCUT2D eigenvalue weighted by Gasteiger charge is 2.29. The summed E-state index contributed by atoms with van der Waals surface area (Å²) in [5.74, 6) is -1.15. The van der Waals surface area contributed by atoms with E-state index in [-0.39, 0.29) is 23.8 Å². The molecule has 0 bridgehead atoms. The normalized spacial score (nSPS) is 14.0. The number of carbonyl (C=O) groups excluding carboxylic acids is 1. The minimum atomic E-state index is -1.14. The van der Waals surface area contributed by atoms with Gasteiger partial charge in [-0.05, 0) is 31.0 Å². The molecule has 6 heteroatoms. The van der Waals surface area contributed by atoms with Crippen molar-refractivity contribution in [1.82, 2.24) is 4.90 Å². The van der Waals surface area contributed by atoms with Gasteiger partial charge in [-0.3, -0.25) is 4.79 Å². The van der Waals surface area contributed by atoms with Crippen LogP contribution in [0.3, 0.4) is 0 Å². The smallest absolute Gasteiger partial charge is 0.339 e. The Labute approximate surface area is 115 Å². The molecule has 1 fully saturated rings. The summed E-state index contributed by atoms with van der Waals surface area (Å²) in [7, 11) is 1.73. The number of nitrogens with zero attached hydrogens (tertiary/aromatic N) is 1. The van der Waals surface area contributed by atoms with Gasteiger partial charge in [0, 0.05) is 18.1 Å². The van der Waals surface area contributed by atoms with Crippen molar-refractivity contribution in [1.29, 1.82) is 0 Å². The molecule has 0 aromatic heterocycles. The third-order valence-electron chi connectivity index (χ3n) is 3.01. The Hall–Kier alpha value is -1.75. The molecule has 1 aliphatic rings. The van der Waals surface area contributed by atoms with Gasteiger partial charge in [0.05, 0.1) is 0 Å². The number of benzene rings is 1. The van der Waals surface area contributed by atoms with Crippen molar-refractivity contribution in [3.05, 3.63) is 28.8 Å². The zero-order chi connectivity index (χ0) is 14.0. The van der Waals surface area contributed by atoms with Gasteiger partial charge in [0.1, 0.15) is 11.3 Å². The van der Waals surface area contributed by atoms with Gasteiger partial charge in [-0.2, -0.15) is 0 Å². The Morgan fingerprint density at radius 1 is 1.47 bits per heavy atom. The van der Waals surface area contributed by atoms with Crippen LogP contribution < -0.4 is 4.74 Å². The van der Waals surface area contributed by atoms with E-state index in [1.54, 1.807) is 11.9 Å². The van der Waals surface area contributed by atoms with Crippen molar-refractivity contribution in [2.45, 2.75) is 18.9 Å². The molecule has 1 amide bonds. The number of carboxylic acid groups (broad SMARTS) is 1. The Morgan fingerprint density at radius 3 is 2.74 bits per heavy atom. The Kier molecular flexibility index (Phi) is 3.95. The lowest BCUT2D eigenvalue weighted by molar-refractivity contribution is -0.132. The Morgan fingerprint density at radius 2 is 2.16 bits per heavy atom. The van der Waals surface area contributed by atoms with Crippen LogP contribution >= 0.6 is 11.6 Å². The monoisotopic (exact) mass is 283 g/mol. The predicted octanol–water partition coefficient (Wildman–Crippen LogP) is 2.04. The van der Waals surface area contributed by atoms with Crippen molar-refractivity contribution in [3.8, 4) is 5.75 Å². The number of amides is 1. The number of ether oxygens (including phenoxy) is 1. The number of hydrogen-bond acceptors (Lipinski definition) is 3. The zero-order valence-corrected chi connectivity index (χ0v) is 11.2. The van der Waals surface area contributed by atoms with Crippen LogP contribution in [0.15, 0.2) is 18.2 Å². The van der Waals surface area contributed by atoms with Gasteiger partial charge in [0.25, 0.3) is 5.91 Å². The highest BCUT2D eigenvalue weighted by atomic mass is 35.5. The molecular formula is C13H14ClNO4. The lowest BCUT2D eigenvalue weighted by atomic mass is 10.2. The molecule has 0 spiro atoms. The maximum absolute atomic E-state index is 11.8. The van der Waals surface area contributed by atoms with Gasteiger partial charge in [-0.1, -0.05) is 11.6 Å². The van der Waals surface area contributed by atoms with E-state index in [9.17, 15) is 9.59 Å². The summed E-state index contributed by atoms with van der Waals surface area (Å²) < 4.78 is 5.28. The van der Waals surface area contributed by atoms with E-state index in [2.05, 4.69) is 0 Å². The molecule has 1 aromatic carbocycles. The van der Waals surface area contributed by atoms with Crippen LogP contribution in [0.25, 0.3) is 0 Å². The van der Waals surface area contributed by atoms with Gasteiger partial charge in [-0.25, -0.2) is 4.79 Å². The first-order valence-corrected chi connectivity index (χ1v) is 6.28. The fraction of sp³-hybridized carbons (Fsp3) is 0.385. The number of halogens is 1. The minimum absolute atomic E-state index is 0.0469. The number of likely N-dealkylation sites (N-methyl/N-ethyl adjacent to an activating group) is 1. The molecule has 1 N–H and O–H groups in total. The fourth-order valence-electron chi connectivity index (χ4n) is 1.70. The van der Waals surface area contributed by atoms with Gasteiger partial charge < -0.3 is 14.7 Å². The molecule has 0 radical (unpaired) electrons. The first-order chi connectivity index (χ1) is 8.99. The first-order valence-electron chi connectivity index (χ1n) is 5.90. The largest absolute Gasteiger partial charge is 0.483 e. The van der Waals surface area contributed by atoms with E-state index < -0.39 is 5.97 Å². The van der Waals surface area contributed by atoms with Crippen molar-refractivity contribution in [3.63, 3.8) is 0 Å². The quantitative estimate of drug-likeness (QED) is 0.898. The van der Waals surface area contributed by atoms with Crippen LogP contribution in [0.1, 0.15) is 23.2 Å². The van der Waals surface area contributed by atoms with E-state index >= 15 is 0 Å². The minimum Gasteiger partial charge on any atom is -0.483 e.